The molecule has 7 heteroatoms. The molecule has 0 bridgehead atoms. The monoisotopic (exact) mass is 294 g/mol. The maximum atomic E-state index is 13.6. The molecule has 0 fully saturated rings. The molecule has 2 aromatic rings. The molecule has 21 heavy (non-hydrogen) atoms. The first-order valence-corrected chi connectivity index (χ1v) is 6.07. The van der Waals surface area contributed by atoms with Crippen molar-refractivity contribution in [1.82, 2.24) is 9.13 Å². The van der Waals surface area contributed by atoms with Gasteiger partial charge in [-0.05, 0) is 13.0 Å². The van der Waals surface area contributed by atoms with E-state index < -0.39 is 28.7 Å². The van der Waals surface area contributed by atoms with E-state index in [0.29, 0.717) is 0 Å². The van der Waals surface area contributed by atoms with E-state index in [4.69, 9.17) is 0 Å². The van der Waals surface area contributed by atoms with Crippen molar-refractivity contribution in [3.63, 3.8) is 0 Å². The molecule has 1 heterocycles. The third kappa shape index (κ3) is 2.67. The topological polar surface area (TPSA) is 61.1 Å². The first-order valence-electron chi connectivity index (χ1n) is 6.07. The molecular weight excluding hydrogens is 282 g/mol. The second-order valence-electron chi connectivity index (χ2n) is 4.59. The summed E-state index contributed by atoms with van der Waals surface area (Å²) in [6.45, 7) is 0.908. The van der Waals surface area contributed by atoms with Crippen LogP contribution in [0.4, 0.5) is 8.78 Å². The molecule has 1 aromatic heterocycles. The van der Waals surface area contributed by atoms with E-state index >= 15 is 0 Å². The van der Waals surface area contributed by atoms with E-state index in [0.717, 1.165) is 21.4 Å². The van der Waals surface area contributed by atoms with Crippen molar-refractivity contribution in [2.24, 2.45) is 7.05 Å². The Morgan fingerprint density at radius 3 is 2.52 bits per heavy atom. The third-order valence-electron chi connectivity index (χ3n) is 3.10. The number of carbonyl (C=O) groups is 1. The molecule has 0 radical (unpaired) electrons. The summed E-state index contributed by atoms with van der Waals surface area (Å²) in [6.07, 6.45) is 1.07. The van der Waals surface area contributed by atoms with Crippen molar-refractivity contribution >= 4 is 5.78 Å². The van der Waals surface area contributed by atoms with Crippen LogP contribution in [0.15, 0.2) is 34.0 Å². The van der Waals surface area contributed by atoms with Gasteiger partial charge in [-0.25, -0.2) is 13.6 Å². The zero-order chi connectivity index (χ0) is 15.7. The van der Waals surface area contributed by atoms with Crippen molar-refractivity contribution < 1.29 is 13.6 Å². The summed E-state index contributed by atoms with van der Waals surface area (Å²) in [7, 11) is 1.22. The highest BCUT2D eigenvalue weighted by Crippen LogP contribution is 2.12. The van der Waals surface area contributed by atoms with Crippen LogP contribution in [0, 0.1) is 11.6 Å². The van der Waals surface area contributed by atoms with Crippen LogP contribution < -0.4 is 11.2 Å². The van der Waals surface area contributed by atoms with Crippen molar-refractivity contribution in [2.45, 2.75) is 13.5 Å². The molecule has 2 rings (SSSR count). The molecule has 0 amide bonds. The van der Waals surface area contributed by atoms with Gasteiger partial charge in [0.05, 0.1) is 12.1 Å². The van der Waals surface area contributed by atoms with Crippen molar-refractivity contribution in [2.75, 3.05) is 0 Å². The molecule has 0 aliphatic heterocycles. The highest BCUT2D eigenvalue weighted by molar-refractivity contribution is 5.93. The van der Waals surface area contributed by atoms with Crippen LogP contribution in [0.25, 0.3) is 0 Å². The van der Waals surface area contributed by atoms with Crippen LogP contribution in [0.3, 0.4) is 0 Å². The Kier molecular flexibility index (Phi) is 3.84. The molecule has 0 N–H and O–H groups in total. The summed E-state index contributed by atoms with van der Waals surface area (Å²) in [4.78, 5) is 35.1. The molecule has 0 saturated heterocycles. The zero-order valence-corrected chi connectivity index (χ0v) is 11.4. The quantitative estimate of drug-likeness (QED) is 0.796. The lowest BCUT2D eigenvalue weighted by Gasteiger charge is -2.10. The third-order valence-corrected chi connectivity index (χ3v) is 3.10. The van der Waals surface area contributed by atoms with E-state index in [2.05, 4.69) is 0 Å². The predicted molar refractivity (Wildman–Crippen MR) is 71.4 cm³/mol. The number of halogens is 2. The predicted octanol–water partition coefficient (Wildman–Crippen LogP) is 1.08. The maximum absolute atomic E-state index is 13.6. The molecule has 0 saturated carbocycles. The second kappa shape index (κ2) is 5.43. The molecule has 0 aliphatic rings. The molecular formula is C14H12F2N2O3. The molecule has 1 aromatic carbocycles. The van der Waals surface area contributed by atoms with E-state index in [1.54, 1.807) is 0 Å². The highest BCUT2D eigenvalue weighted by Gasteiger charge is 2.14. The van der Waals surface area contributed by atoms with Crippen LogP contribution in [0.2, 0.25) is 0 Å². The van der Waals surface area contributed by atoms with Crippen molar-refractivity contribution in [3.8, 4) is 0 Å². The molecule has 5 nitrogen and oxygen atoms in total. The van der Waals surface area contributed by atoms with Gasteiger partial charge < -0.3 is 0 Å². The van der Waals surface area contributed by atoms with Crippen LogP contribution in [0.5, 0.6) is 0 Å². The van der Waals surface area contributed by atoms with Crippen molar-refractivity contribution in [1.29, 1.82) is 0 Å². The summed E-state index contributed by atoms with van der Waals surface area (Å²) in [5.41, 5.74) is -1.67. The number of benzene rings is 1. The average molecular weight is 294 g/mol. The van der Waals surface area contributed by atoms with Gasteiger partial charge in [-0.2, -0.15) is 0 Å². The van der Waals surface area contributed by atoms with Gasteiger partial charge in [-0.15, -0.1) is 0 Å². The summed E-state index contributed by atoms with van der Waals surface area (Å²) < 4.78 is 28.5. The Hall–Kier alpha value is -2.57. The van der Waals surface area contributed by atoms with Crippen LogP contribution in [-0.2, 0) is 13.6 Å². The largest absolute Gasteiger partial charge is 0.331 e. The lowest BCUT2D eigenvalue weighted by molar-refractivity contribution is 0.101. The van der Waals surface area contributed by atoms with E-state index in [-0.39, 0.29) is 17.7 Å². The first kappa shape index (κ1) is 14.8. The molecule has 0 aliphatic carbocycles. The van der Waals surface area contributed by atoms with Gasteiger partial charge in [-0.1, -0.05) is 12.1 Å². The minimum atomic E-state index is -1.07. The average Bonchev–Trinajstić information content (AvgIpc) is 2.43. The number of hydrogen-bond acceptors (Lipinski definition) is 3. The minimum Gasteiger partial charge on any atom is -0.295 e. The molecule has 110 valence electrons. The Morgan fingerprint density at radius 2 is 1.90 bits per heavy atom. The highest BCUT2D eigenvalue weighted by atomic mass is 19.2. The number of hydrogen-bond donors (Lipinski definition) is 0. The Morgan fingerprint density at radius 1 is 1.24 bits per heavy atom. The standard InChI is InChI=1S/C14H12F2N2O3/c1-8(19)10-7-18(14(21)17(2)13(10)20)6-9-4-3-5-11(15)12(9)16/h3-5,7H,6H2,1-2H3. The van der Waals surface area contributed by atoms with Crippen LogP contribution in [0.1, 0.15) is 22.8 Å². The molecule has 0 unspecified atom stereocenters. The van der Waals surface area contributed by atoms with E-state index in [9.17, 15) is 23.2 Å². The number of nitrogens with zero attached hydrogens (tertiary/aromatic N) is 2. The summed E-state index contributed by atoms with van der Waals surface area (Å²) in [5.74, 6) is -2.61. The van der Waals surface area contributed by atoms with Gasteiger partial charge in [0.25, 0.3) is 5.56 Å². The number of aromatic nitrogens is 2. The molecule has 0 spiro atoms. The fourth-order valence-corrected chi connectivity index (χ4v) is 1.94. The number of Topliss-reactive ketones (excluding diaryl/α,β-unsaturated/α-hetero) is 1. The Balaban J connectivity index is 2.60. The van der Waals surface area contributed by atoms with Gasteiger partial charge in [0.2, 0.25) is 0 Å². The first-order chi connectivity index (χ1) is 9.82. The molecule has 0 atom stereocenters. The minimum absolute atomic E-state index is 0.0507. The van der Waals surface area contributed by atoms with Gasteiger partial charge in [0, 0.05) is 18.8 Å². The normalized spacial score (nSPS) is 10.7. The lowest BCUT2D eigenvalue weighted by Crippen LogP contribution is -2.40. The lowest BCUT2D eigenvalue weighted by atomic mass is 10.2. The maximum Gasteiger partial charge on any atom is 0.331 e. The number of carbonyl (C=O) groups excluding carboxylic acids is 1. The van der Waals surface area contributed by atoms with E-state index in [1.807, 2.05) is 0 Å². The Bertz CT molecular complexity index is 837. The van der Waals surface area contributed by atoms with Crippen LogP contribution in [-0.4, -0.2) is 14.9 Å². The van der Waals surface area contributed by atoms with Crippen molar-refractivity contribution in [3.05, 3.63) is 68.0 Å². The van der Waals surface area contributed by atoms with E-state index in [1.165, 1.54) is 26.1 Å². The fourth-order valence-electron chi connectivity index (χ4n) is 1.94. The number of rotatable bonds is 3. The van der Waals surface area contributed by atoms with Gasteiger partial charge in [-0.3, -0.25) is 18.7 Å². The SMILES string of the molecule is CC(=O)c1cn(Cc2cccc(F)c2F)c(=O)n(C)c1=O. The summed E-state index contributed by atoms with van der Waals surface area (Å²) in [5, 5.41) is 0. The van der Waals surface area contributed by atoms with Gasteiger partial charge in [0.1, 0.15) is 0 Å². The summed E-state index contributed by atoms with van der Waals surface area (Å²) in [6, 6.07) is 3.60. The zero-order valence-electron chi connectivity index (χ0n) is 11.4. The Labute approximate surface area is 118 Å². The number of ketones is 1. The fraction of sp³-hybridized carbons (Fsp3) is 0.214. The summed E-state index contributed by atoms with van der Waals surface area (Å²) >= 11 is 0. The van der Waals surface area contributed by atoms with Gasteiger partial charge >= 0.3 is 5.69 Å². The van der Waals surface area contributed by atoms with Gasteiger partial charge in [0.15, 0.2) is 17.4 Å². The smallest absolute Gasteiger partial charge is 0.295 e. The second-order valence-corrected chi connectivity index (χ2v) is 4.59. The van der Waals surface area contributed by atoms with Crippen LogP contribution >= 0.6 is 0 Å².